The van der Waals surface area contributed by atoms with Gasteiger partial charge in [0.15, 0.2) is 0 Å². The van der Waals surface area contributed by atoms with E-state index in [1.807, 2.05) is 42.5 Å². The molecule has 4 heteroatoms. The highest BCUT2D eigenvalue weighted by molar-refractivity contribution is 5.67. The molecule has 1 amide bonds. The average Bonchev–Trinajstić information content (AvgIpc) is 2.59. The summed E-state index contributed by atoms with van der Waals surface area (Å²) in [4.78, 5) is 11.9. The summed E-state index contributed by atoms with van der Waals surface area (Å²) in [6.07, 6.45) is -0.406. The van der Waals surface area contributed by atoms with Gasteiger partial charge in [-0.15, -0.1) is 0 Å². The first-order valence-electron chi connectivity index (χ1n) is 7.75. The molecule has 2 rings (SSSR count). The van der Waals surface area contributed by atoms with Crippen LogP contribution < -0.4 is 11.1 Å². The molecule has 122 valence electrons. The van der Waals surface area contributed by atoms with Crippen molar-refractivity contribution in [2.45, 2.75) is 32.4 Å². The van der Waals surface area contributed by atoms with E-state index >= 15 is 0 Å². The number of nitrogens with two attached hydrogens (primary N) is 1. The van der Waals surface area contributed by atoms with Gasteiger partial charge in [-0.3, -0.25) is 0 Å². The summed E-state index contributed by atoms with van der Waals surface area (Å²) in [6, 6.07) is 17.8. The van der Waals surface area contributed by atoms with Crippen LogP contribution in [0.15, 0.2) is 54.6 Å². The van der Waals surface area contributed by atoms with E-state index in [1.165, 1.54) is 0 Å². The quantitative estimate of drug-likeness (QED) is 0.859. The number of nitrogens with one attached hydrogen (secondary N) is 1. The molecular formula is C19H24N2O2. The zero-order valence-corrected chi connectivity index (χ0v) is 13.7. The second kappa shape index (κ2) is 7.79. The van der Waals surface area contributed by atoms with Crippen LogP contribution in [0.4, 0.5) is 4.79 Å². The monoisotopic (exact) mass is 312 g/mol. The molecule has 0 radical (unpaired) electrons. The van der Waals surface area contributed by atoms with E-state index in [4.69, 9.17) is 10.5 Å². The van der Waals surface area contributed by atoms with Gasteiger partial charge in [0.1, 0.15) is 6.61 Å². The third kappa shape index (κ3) is 5.11. The average molecular weight is 312 g/mol. The van der Waals surface area contributed by atoms with E-state index < -0.39 is 6.09 Å². The van der Waals surface area contributed by atoms with Gasteiger partial charge in [-0.1, -0.05) is 68.4 Å². The van der Waals surface area contributed by atoms with Crippen LogP contribution in [0.3, 0.4) is 0 Å². The Kier molecular flexibility index (Phi) is 5.77. The Balaban J connectivity index is 1.86. The SMILES string of the molecule is CC(C)(CNC(=O)OCc1ccccc1)c1cccc(CN)c1. The molecule has 0 heterocycles. The molecule has 0 aliphatic heterocycles. The van der Waals surface area contributed by atoms with Crippen LogP contribution >= 0.6 is 0 Å². The number of carbonyl (C=O) groups is 1. The van der Waals surface area contributed by atoms with Crippen molar-refractivity contribution in [1.29, 1.82) is 0 Å². The summed E-state index contributed by atoms with van der Waals surface area (Å²) >= 11 is 0. The fourth-order valence-corrected chi connectivity index (χ4v) is 2.29. The fourth-order valence-electron chi connectivity index (χ4n) is 2.29. The lowest BCUT2D eigenvalue weighted by molar-refractivity contribution is 0.137. The molecule has 0 atom stereocenters. The normalized spacial score (nSPS) is 11.1. The summed E-state index contributed by atoms with van der Waals surface area (Å²) in [5.74, 6) is 0. The summed E-state index contributed by atoms with van der Waals surface area (Å²) in [6.45, 7) is 5.45. The molecule has 0 aliphatic carbocycles. The number of alkyl carbamates (subject to hydrolysis) is 1. The molecule has 23 heavy (non-hydrogen) atoms. The number of ether oxygens (including phenoxy) is 1. The molecule has 2 aromatic carbocycles. The van der Waals surface area contributed by atoms with Crippen LogP contribution in [0, 0.1) is 0 Å². The van der Waals surface area contributed by atoms with E-state index in [-0.39, 0.29) is 12.0 Å². The Bertz CT molecular complexity index is 639. The maximum Gasteiger partial charge on any atom is 0.407 e. The molecule has 0 fully saturated rings. The summed E-state index contributed by atoms with van der Waals surface area (Å²) < 4.78 is 5.23. The number of rotatable bonds is 6. The van der Waals surface area contributed by atoms with Crippen molar-refractivity contribution in [2.75, 3.05) is 6.54 Å². The first-order valence-corrected chi connectivity index (χ1v) is 7.75. The molecule has 2 aromatic rings. The number of carbonyl (C=O) groups excluding carboxylic acids is 1. The van der Waals surface area contributed by atoms with Crippen LogP contribution in [0.1, 0.15) is 30.5 Å². The molecule has 3 N–H and O–H groups in total. The molecule has 0 aromatic heterocycles. The van der Waals surface area contributed by atoms with Crippen LogP contribution in [0.2, 0.25) is 0 Å². The summed E-state index contributed by atoms with van der Waals surface area (Å²) in [5, 5.41) is 2.84. The fraction of sp³-hybridized carbons (Fsp3) is 0.316. The third-order valence-electron chi connectivity index (χ3n) is 3.83. The second-order valence-electron chi connectivity index (χ2n) is 6.20. The molecule has 0 bridgehead atoms. The smallest absolute Gasteiger partial charge is 0.407 e. The van der Waals surface area contributed by atoms with Crippen molar-refractivity contribution in [3.05, 3.63) is 71.3 Å². The van der Waals surface area contributed by atoms with Gasteiger partial charge in [-0.05, 0) is 16.7 Å². The third-order valence-corrected chi connectivity index (χ3v) is 3.83. The highest BCUT2D eigenvalue weighted by atomic mass is 16.5. The van der Waals surface area contributed by atoms with Gasteiger partial charge in [0.2, 0.25) is 0 Å². The van der Waals surface area contributed by atoms with Gasteiger partial charge >= 0.3 is 6.09 Å². The van der Waals surface area contributed by atoms with E-state index in [1.54, 1.807) is 0 Å². The molecule has 0 saturated heterocycles. The van der Waals surface area contributed by atoms with Crippen molar-refractivity contribution in [2.24, 2.45) is 5.73 Å². The van der Waals surface area contributed by atoms with Crippen molar-refractivity contribution in [3.63, 3.8) is 0 Å². The number of hydrogen-bond donors (Lipinski definition) is 2. The minimum atomic E-state index is -0.406. The van der Waals surface area contributed by atoms with Gasteiger partial charge in [0.05, 0.1) is 0 Å². The Labute approximate surface area is 137 Å². The van der Waals surface area contributed by atoms with Crippen molar-refractivity contribution in [3.8, 4) is 0 Å². The maximum atomic E-state index is 11.9. The van der Waals surface area contributed by atoms with Crippen molar-refractivity contribution in [1.82, 2.24) is 5.32 Å². The zero-order valence-electron chi connectivity index (χ0n) is 13.7. The molecule has 4 nitrogen and oxygen atoms in total. The summed E-state index contributed by atoms with van der Waals surface area (Å²) in [5.41, 5.74) is 8.69. The molecule has 0 saturated carbocycles. The molecular weight excluding hydrogens is 288 g/mol. The predicted molar refractivity (Wildman–Crippen MR) is 92.0 cm³/mol. The number of amides is 1. The number of benzene rings is 2. The zero-order chi connectivity index (χ0) is 16.7. The van der Waals surface area contributed by atoms with Gasteiger partial charge in [0.25, 0.3) is 0 Å². The molecule has 0 unspecified atom stereocenters. The molecule has 0 aliphatic rings. The Morgan fingerprint density at radius 2 is 1.78 bits per heavy atom. The summed E-state index contributed by atoms with van der Waals surface area (Å²) in [7, 11) is 0. The Morgan fingerprint density at radius 3 is 2.48 bits per heavy atom. The Hall–Kier alpha value is -2.33. The van der Waals surface area contributed by atoms with E-state index in [2.05, 4.69) is 31.3 Å². The topological polar surface area (TPSA) is 64.3 Å². The standard InChI is InChI=1S/C19H24N2O2/c1-19(2,17-10-6-9-16(11-17)12-20)14-21-18(22)23-13-15-7-4-3-5-8-15/h3-11H,12-14,20H2,1-2H3,(H,21,22). The largest absolute Gasteiger partial charge is 0.445 e. The van der Waals surface area contributed by atoms with E-state index in [0.29, 0.717) is 13.1 Å². The minimum Gasteiger partial charge on any atom is -0.445 e. The second-order valence-corrected chi connectivity index (χ2v) is 6.20. The van der Waals surface area contributed by atoms with Crippen LogP contribution in [0.25, 0.3) is 0 Å². The highest BCUT2D eigenvalue weighted by Crippen LogP contribution is 2.23. The lowest BCUT2D eigenvalue weighted by Gasteiger charge is -2.26. The lowest BCUT2D eigenvalue weighted by Crippen LogP contribution is -2.37. The van der Waals surface area contributed by atoms with Crippen molar-refractivity contribution >= 4 is 6.09 Å². The first kappa shape index (κ1) is 17.0. The van der Waals surface area contributed by atoms with Gasteiger partial charge in [-0.2, -0.15) is 0 Å². The molecule has 0 spiro atoms. The lowest BCUT2D eigenvalue weighted by atomic mass is 9.84. The van der Waals surface area contributed by atoms with Crippen LogP contribution in [0.5, 0.6) is 0 Å². The van der Waals surface area contributed by atoms with E-state index in [0.717, 1.165) is 16.7 Å². The van der Waals surface area contributed by atoms with Crippen LogP contribution in [-0.2, 0) is 23.3 Å². The minimum absolute atomic E-state index is 0.197. The predicted octanol–water partition coefficient (Wildman–Crippen LogP) is 3.35. The maximum absolute atomic E-state index is 11.9. The van der Waals surface area contributed by atoms with Gasteiger partial charge < -0.3 is 15.8 Å². The Morgan fingerprint density at radius 1 is 1.09 bits per heavy atom. The van der Waals surface area contributed by atoms with Crippen molar-refractivity contribution < 1.29 is 9.53 Å². The van der Waals surface area contributed by atoms with E-state index in [9.17, 15) is 4.79 Å². The van der Waals surface area contributed by atoms with Gasteiger partial charge in [0, 0.05) is 18.5 Å². The first-order chi connectivity index (χ1) is 11.0. The van der Waals surface area contributed by atoms with Crippen LogP contribution in [-0.4, -0.2) is 12.6 Å². The highest BCUT2D eigenvalue weighted by Gasteiger charge is 2.22. The van der Waals surface area contributed by atoms with Gasteiger partial charge in [-0.25, -0.2) is 4.79 Å². The number of hydrogen-bond acceptors (Lipinski definition) is 3.